The molecule has 0 saturated carbocycles. The molecule has 50 heavy (non-hydrogen) atoms. The first-order valence-electron chi connectivity index (χ1n) is 17.7. The SMILES string of the molecule is Cc1c2c3c(cc(-c4ccc5c(c4)-c4ccccc4C(c4ccc6c(ccc7ccccc76)c4)=CC5)cc3c3ccccc13)-c1ccccc1-2. The first-order chi connectivity index (χ1) is 24.7. The van der Waals surface area contributed by atoms with Crippen LogP contribution in [0.3, 0.4) is 0 Å². The lowest BCUT2D eigenvalue weighted by molar-refractivity contribution is 1.29. The summed E-state index contributed by atoms with van der Waals surface area (Å²) in [4.78, 5) is 0. The van der Waals surface area contributed by atoms with Crippen LogP contribution in [0.25, 0.3) is 93.2 Å². The highest BCUT2D eigenvalue weighted by Gasteiger charge is 2.26. The molecule has 232 valence electrons. The molecule has 0 atom stereocenters. The van der Waals surface area contributed by atoms with Gasteiger partial charge in [-0.2, -0.15) is 0 Å². The van der Waals surface area contributed by atoms with Crippen molar-refractivity contribution in [1.82, 2.24) is 0 Å². The average molecular weight is 633 g/mol. The van der Waals surface area contributed by atoms with Crippen molar-refractivity contribution < 1.29 is 0 Å². The molecule has 0 amide bonds. The lowest BCUT2D eigenvalue weighted by Crippen LogP contribution is -1.92. The molecule has 2 aliphatic rings. The number of allylic oxidation sites excluding steroid dienone is 1. The normalized spacial score (nSPS) is 12.9. The van der Waals surface area contributed by atoms with Crippen molar-refractivity contribution in [3.05, 3.63) is 186 Å². The zero-order valence-electron chi connectivity index (χ0n) is 27.8. The van der Waals surface area contributed by atoms with Gasteiger partial charge in [0.1, 0.15) is 0 Å². The van der Waals surface area contributed by atoms with Crippen LogP contribution in [0.5, 0.6) is 0 Å². The highest BCUT2D eigenvalue weighted by molar-refractivity contribution is 6.26. The van der Waals surface area contributed by atoms with Crippen LogP contribution in [-0.4, -0.2) is 0 Å². The molecule has 0 fully saturated rings. The largest absolute Gasteiger partial charge is 0.0716 e. The van der Waals surface area contributed by atoms with Gasteiger partial charge in [-0.25, -0.2) is 0 Å². The van der Waals surface area contributed by atoms with Crippen LogP contribution < -0.4 is 0 Å². The van der Waals surface area contributed by atoms with Crippen LogP contribution >= 0.6 is 0 Å². The summed E-state index contributed by atoms with van der Waals surface area (Å²) in [5.41, 5.74) is 17.2. The summed E-state index contributed by atoms with van der Waals surface area (Å²) >= 11 is 0. The van der Waals surface area contributed by atoms with Gasteiger partial charge in [0.2, 0.25) is 0 Å². The van der Waals surface area contributed by atoms with Gasteiger partial charge in [-0.15, -0.1) is 0 Å². The minimum absolute atomic E-state index is 0.888. The van der Waals surface area contributed by atoms with Crippen molar-refractivity contribution in [3.63, 3.8) is 0 Å². The van der Waals surface area contributed by atoms with Crippen molar-refractivity contribution in [2.45, 2.75) is 13.3 Å². The third-order valence-electron chi connectivity index (χ3n) is 11.4. The second-order valence-corrected chi connectivity index (χ2v) is 14.0. The molecule has 0 aliphatic heterocycles. The molecule has 0 N–H and O–H groups in total. The van der Waals surface area contributed by atoms with E-state index < -0.39 is 0 Å². The van der Waals surface area contributed by atoms with Crippen LogP contribution in [0.4, 0.5) is 0 Å². The van der Waals surface area contributed by atoms with Gasteiger partial charge in [0, 0.05) is 0 Å². The molecular weight excluding hydrogens is 601 g/mol. The molecule has 0 spiro atoms. The molecule has 0 heteroatoms. The Hall–Kier alpha value is -6.24. The minimum atomic E-state index is 0.888. The zero-order valence-corrected chi connectivity index (χ0v) is 27.8. The number of hydrogen-bond acceptors (Lipinski definition) is 0. The Kier molecular flexibility index (Phi) is 5.75. The van der Waals surface area contributed by atoms with Gasteiger partial charge in [-0.3, -0.25) is 0 Å². The fraction of sp³-hybridized carbons (Fsp3) is 0.0400. The third-order valence-corrected chi connectivity index (χ3v) is 11.4. The third kappa shape index (κ3) is 3.88. The van der Waals surface area contributed by atoms with Crippen molar-refractivity contribution in [2.75, 3.05) is 0 Å². The average Bonchev–Trinajstić information content (AvgIpc) is 3.42. The predicted octanol–water partition coefficient (Wildman–Crippen LogP) is 13.6. The van der Waals surface area contributed by atoms with Crippen molar-refractivity contribution in [3.8, 4) is 44.5 Å². The highest BCUT2D eigenvalue weighted by Crippen LogP contribution is 2.53. The topological polar surface area (TPSA) is 0 Å². The summed E-state index contributed by atoms with van der Waals surface area (Å²) in [5.74, 6) is 0. The minimum Gasteiger partial charge on any atom is -0.0716 e. The van der Waals surface area contributed by atoms with Crippen molar-refractivity contribution in [1.29, 1.82) is 0 Å². The second-order valence-electron chi connectivity index (χ2n) is 14.0. The van der Waals surface area contributed by atoms with E-state index in [0.29, 0.717) is 0 Å². The molecule has 0 saturated heterocycles. The maximum Gasteiger partial charge on any atom is -0.00168 e. The van der Waals surface area contributed by atoms with E-state index in [2.05, 4.69) is 171 Å². The molecule has 0 radical (unpaired) electrons. The Balaban J connectivity index is 1.08. The number of fused-ring (bicyclic) bond motifs is 11. The highest BCUT2D eigenvalue weighted by atomic mass is 14.3. The first-order valence-corrected chi connectivity index (χ1v) is 17.7. The van der Waals surface area contributed by atoms with Crippen LogP contribution in [0, 0.1) is 6.92 Å². The fourth-order valence-corrected chi connectivity index (χ4v) is 9.06. The quantitative estimate of drug-likeness (QED) is 0.166. The van der Waals surface area contributed by atoms with E-state index in [1.165, 1.54) is 115 Å². The molecule has 11 rings (SSSR count). The molecular formula is C50H32. The summed E-state index contributed by atoms with van der Waals surface area (Å²) in [6.07, 6.45) is 3.33. The van der Waals surface area contributed by atoms with Crippen LogP contribution in [0.15, 0.2) is 164 Å². The Morgan fingerprint density at radius 2 is 1.02 bits per heavy atom. The van der Waals surface area contributed by atoms with E-state index in [1.54, 1.807) is 0 Å². The zero-order chi connectivity index (χ0) is 32.9. The Morgan fingerprint density at radius 1 is 0.380 bits per heavy atom. The van der Waals surface area contributed by atoms with E-state index in [0.717, 1.165) is 6.42 Å². The van der Waals surface area contributed by atoms with E-state index in [9.17, 15) is 0 Å². The van der Waals surface area contributed by atoms with E-state index in [-0.39, 0.29) is 0 Å². The fourth-order valence-electron chi connectivity index (χ4n) is 9.06. The summed E-state index contributed by atoms with van der Waals surface area (Å²) in [6.45, 7) is 2.29. The van der Waals surface area contributed by atoms with E-state index in [1.807, 2.05) is 0 Å². The van der Waals surface area contributed by atoms with Gasteiger partial charge in [0.25, 0.3) is 0 Å². The molecule has 9 aromatic carbocycles. The van der Waals surface area contributed by atoms with E-state index >= 15 is 0 Å². The molecule has 0 aromatic heterocycles. The number of aryl methyl sites for hydroxylation is 1. The standard InChI is InChI=1S/C50H32/c1-30-37-11-4-5-13-41(37)47-28-36(29-48-44-16-8-9-17-45(44)49(30)50(47)48)33-20-18-32-22-24-40(42-14-6-7-15-43(42)46(32)27-33)35-23-25-39-34(26-35)21-19-31-10-2-3-12-38(31)39/h2-21,23-29H,22H2,1H3. The van der Waals surface area contributed by atoms with Gasteiger partial charge in [0.05, 0.1) is 0 Å². The van der Waals surface area contributed by atoms with Crippen LogP contribution in [0.2, 0.25) is 0 Å². The lowest BCUT2D eigenvalue weighted by atomic mass is 9.87. The van der Waals surface area contributed by atoms with E-state index in [4.69, 9.17) is 0 Å². The maximum absolute atomic E-state index is 2.45. The monoisotopic (exact) mass is 632 g/mol. The first kappa shape index (κ1) is 27.7. The van der Waals surface area contributed by atoms with Crippen LogP contribution in [0.1, 0.15) is 22.3 Å². The molecule has 9 aromatic rings. The molecule has 0 nitrogen and oxygen atoms in total. The summed E-state index contributed by atoms with van der Waals surface area (Å²) < 4.78 is 0. The number of hydrogen-bond donors (Lipinski definition) is 0. The Labute approximate surface area is 291 Å². The summed E-state index contributed by atoms with van der Waals surface area (Å²) in [5, 5.41) is 10.6. The van der Waals surface area contributed by atoms with Gasteiger partial charge in [-0.05, 0) is 153 Å². The second kappa shape index (κ2) is 10.4. The maximum atomic E-state index is 2.45. The molecule has 0 bridgehead atoms. The Bertz CT molecular complexity index is 2950. The van der Waals surface area contributed by atoms with Crippen molar-refractivity contribution >= 4 is 48.7 Å². The Morgan fingerprint density at radius 3 is 1.88 bits per heavy atom. The summed E-state index contributed by atoms with van der Waals surface area (Å²) in [6, 6.07) is 59.1. The van der Waals surface area contributed by atoms with Gasteiger partial charge >= 0.3 is 0 Å². The number of benzene rings is 9. The van der Waals surface area contributed by atoms with Gasteiger partial charge < -0.3 is 0 Å². The summed E-state index contributed by atoms with van der Waals surface area (Å²) in [7, 11) is 0. The molecule has 0 unspecified atom stereocenters. The van der Waals surface area contributed by atoms with Crippen molar-refractivity contribution in [2.24, 2.45) is 0 Å². The predicted molar refractivity (Wildman–Crippen MR) is 214 cm³/mol. The number of rotatable bonds is 2. The van der Waals surface area contributed by atoms with Gasteiger partial charge in [-0.1, -0.05) is 140 Å². The van der Waals surface area contributed by atoms with Crippen LogP contribution in [-0.2, 0) is 6.42 Å². The molecule has 2 aliphatic carbocycles. The molecule has 0 heterocycles. The smallest absolute Gasteiger partial charge is 0.00168 e. The van der Waals surface area contributed by atoms with Gasteiger partial charge in [0.15, 0.2) is 0 Å². The lowest BCUT2D eigenvalue weighted by Gasteiger charge is -2.16.